The van der Waals surface area contributed by atoms with E-state index in [-0.39, 0.29) is 27.1 Å². The maximum absolute atomic E-state index is 2.61. The third-order valence-corrected chi connectivity index (χ3v) is 14.6. The molecule has 2 heteroatoms. The monoisotopic (exact) mass is 891 g/mol. The Morgan fingerprint density at radius 1 is 0.353 bits per heavy atom. The molecule has 0 aliphatic heterocycles. The van der Waals surface area contributed by atoms with Crippen molar-refractivity contribution in [2.75, 3.05) is 4.90 Å². The average Bonchev–Trinajstić information content (AvgIpc) is 3.61. The quantitative estimate of drug-likeness (QED) is 0.156. The van der Waals surface area contributed by atoms with E-state index >= 15 is 0 Å². The fourth-order valence-electron chi connectivity index (χ4n) is 10.8. The van der Waals surface area contributed by atoms with Crippen molar-refractivity contribution in [2.45, 2.75) is 131 Å². The SMILES string of the molecule is CC(C)(C)c1ccc(-c2c(C(C)(C)C)cc(N(c3cc(C(C)(C)C)cc(C(C)(C)C)c3)c3ccc4ccc5c(-n6c7ccccc7c7ccccc76)ccc6ccc3c4c65)cc2C(C)(C)C)cc1. The van der Waals surface area contributed by atoms with Crippen molar-refractivity contribution in [3.05, 3.63) is 179 Å². The summed E-state index contributed by atoms with van der Waals surface area (Å²) in [6, 6.07) is 58.5. The molecule has 0 amide bonds. The van der Waals surface area contributed by atoms with E-state index in [1.165, 1.54) is 116 Å². The van der Waals surface area contributed by atoms with Gasteiger partial charge in [-0.05, 0) is 136 Å². The Morgan fingerprint density at radius 3 is 1.29 bits per heavy atom. The van der Waals surface area contributed by atoms with E-state index in [0.29, 0.717) is 0 Å². The summed E-state index contributed by atoms with van der Waals surface area (Å²) in [5, 5.41) is 10.2. The summed E-state index contributed by atoms with van der Waals surface area (Å²) in [6.45, 7) is 35.3. The van der Waals surface area contributed by atoms with Crippen molar-refractivity contribution < 1.29 is 0 Å². The third kappa shape index (κ3) is 7.65. The van der Waals surface area contributed by atoms with Gasteiger partial charge in [0, 0.05) is 32.9 Å². The number of anilines is 3. The minimum atomic E-state index is -0.157. The maximum Gasteiger partial charge on any atom is 0.0541 e. The molecule has 0 aliphatic rings. The molecule has 9 aromatic carbocycles. The highest BCUT2D eigenvalue weighted by Gasteiger charge is 2.32. The number of nitrogens with zero attached hydrogens (tertiary/aromatic N) is 2. The molecule has 344 valence electrons. The van der Waals surface area contributed by atoms with Crippen LogP contribution in [0.4, 0.5) is 17.1 Å². The number of aromatic nitrogens is 1. The van der Waals surface area contributed by atoms with Gasteiger partial charge in [-0.25, -0.2) is 0 Å². The number of rotatable bonds is 5. The van der Waals surface area contributed by atoms with Crippen LogP contribution < -0.4 is 4.90 Å². The van der Waals surface area contributed by atoms with Gasteiger partial charge in [0.15, 0.2) is 0 Å². The zero-order valence-corrected chi connectivity index (χ0v) is 43.3. The predicted molar refractivity (Wildman–Crippen MR) is 298 cm³/mol. The van der Waals surface area contributed by atoms with Crippen LogP contribution in [0.25, 0.3) is 70.9 Å². The summed E-state index contributed by atoms with van der Waals surface area (Å²) in [4.78, 5) is 2.61. The molecule has 10 rings (SSSR count). The summed E-state index contributed by atoms with van der Waals surface area (Å²) in [5.74, 6) is 0. The van der Waals surface area contributed by atoms with Gasteiger partial charge in [-0.1, -0.05) is 207 Å². The van der Waals surface area contributed by atoms with E-state index in [1.807, 2.05) is 0 Å². The van der Waals surface area contributed by atoms with Crippen molar-refractivity contribution in [3.63, 3.8) is 0 Å². The van der Waals surface area contributed by atoms with Gasteiger partial charge < -0.3 is 9.47 Å². The van der Waals surface area contributed by atoms with Crippen LogP contribution in [0.2, 0.25) is 0 Å². The first kappa shape index (κ1) is 45.4. The molecule has 68 heavy (non-hydrogen) atoms. The van der Waals surface area contributed by atoms with Crippen LogP contribution in [0.15, 0.2) is 152 Å². The summed E-state index contributed by atoms with van der Waals surface area (Å²) >= 11 is 0. The van der Waals surface area contributed by atoms with Crippen molar-refractivity contribution in [2.24, 2.45) is 0 Å². The maximum atomic E-state index is 2.61. The topological polar surface area (TPSA) is 8.17 Å². The van der Waals surface area contributed by atoms with Gasteiger partial charge in [0.1, 0.15) is 0 Å². The van der Waals surface area contributed by atoms with Crippen molar-refractivity contribution >= 4 is 71.2 Å². The van der Waals surface area contributed by atoms with Crippen LogP contribution >= 0.6 is 0 Å². The second-order valence-corrected chi connectivity index (χ2v) is 24.8. The Morgan fingerprint density at radius 2 is 0.794 bits per heavy atom. The number of para-hydroxylation sites is 2. The minimum Gasteiger partial charge on any atom is -0.310 e. The van der Waals surface area contributed by atoms with E-state index in [2.05, 4.69) is 265 Å². The Hall–Kier alpha value is -6.38. The second-order valence-electron chi connectivity index (χ2n) is 24.8. The van der Waals surface area contributed by atoms with Gasteiger partial charge in [-0.3, -0.25) is 0 Å². The molecular weight excluding hydrogens is 821 g/mol. The smallest absolute Gasteiger partial charge is 0.0541 e. The number of fused-ring (bicyclic) bond motifs is 3. The Bertz CT molecular complexity index is 3440. The molecule has 1 aromatic heterocycles. The van der Waals surface area contributed by atoms with Crippen LogP contribution in [0.1, 0.15) is 132 Å². The molecule has 0 N–H and O–H groups in total. The zero-order chi connectivity index (χ0) is 48.5. The van der Waals surface area contributed by atoms with E-state index < -0.39 is 0 Å². The lowest BCUT2D eigenvalue weighted by Crippen LogP contribution is -2.22. The molecule has 0 unspecified atom stereocenters. The van der Waals surface area contributed by atoms with Crippen LogP contribution in [-0.4, -0.2) is 4.57 Å². The molecular formula is C66H70N2. The Kier molecular flexibility index (Phi) is 10.4. The van der Waals surface area contributed by atoms with Crippen LogP contribution in [0.3, 0.4) is 0 Å². The second kappa shape index (κ2) is 15.6. The highest BCUT2D eigenvalue weighted by Crippen LogP contribution is 2.50. The molecule has 2 nitrogen and oxygen atoms in total. The van der Waals surface area contributed by atoms with E-state index in [4.69, 9.17) is 0 Å². The molecule has 10 aromatic rings. The van der Waals surface area contributed by atoms with Crippen molar-refractivity contribution in [1.29, 1.82) is 0 Å². The van der Waals surface area contributed by atoms with Gasteiger partial charge in [0.2, 0.25) is 0 Å². The van der Waals surface area contributed by atoms with E-state index in [1.54, 1.807) is 0 Å². The normalized spacial score (nSPS) is 13.2. The minimum absolute atomic E-state index is 0.0657. The number of benzene rings is 9. The zero-order valence-electron chi connectivity index (χ0n) is 43.3. The third-order valence-electron chi connectivity index (χ3n) is 14.6. The Labute approximate surface area is 406 Å². The van der Waals surface area contributed by atoms with E-state index in [9.17, 15) is 0 Å². The van der Waals surface area contributed by atoms with E-state index in [0.717, 1.165) is 0 Å². The summed E-state index contributed by atoms with van der Waals surface area (Å²) in [5.41, 5.74) is 16.2. The first-order valence-corrected chi connectivity index (χ1v) is 24.8. The average molecular weight is 891 g/mol. The molecule has 0 saturated heterocycles. The van der Waals surface area contributed by atoms with Gasteiger partial charge in [-0.15, -0.1) is 0 Å². The summed E-state index contributed by atoms with van der Waals surface area (Å²) in [6.07, 6.45) is 0. The largest absolute Gasteiger partial charge is 0.310 e. The molecule has 1 heterocycles. The van der Waals surface area contributed by atoms with Gasteiger partial charge in [-0.2, -0.15) is 0 Å². The fraction of sp³-hybridized carbons (Fsp3) is 0.303. The lowest BCUT2D eigenvalue weighted by molar-refractivity contribution is 0.568. The molecule has 0 atom stereocenters. The van der Waals surface area contributed by atoms with Crippen molar-refractivity contribution in [1.82, 2.24) is 4.57 Å². The molecule has 0 bridgehead atoms. The van der Waals surface area contributed by atoms with Crippen molar-refractivity contribution in [3.8, 4) is 16.8 Å². The summed E-state index contributed by atoms with van der Waals surface area (Å²) < 4.78 is 2.48. The van der Waals surface area contributed by atoms with Gasteiger partial charge in [0.05, 0.1) is 22.4 Å². The lowest BCUT2D eigenvalue weighted by atomic mass is 9.73. The van der Waals surface area contributed by atoms with Crippen LogP contribution in [-0.2, 0) is 27.1 Å². The predicted octanol–water partition coefficient (Wildman–Crippen LogP) is 19.3. The standard InChI is InChI=1S/C66H70N2/c1-62(2,3)44-30-24-43(25-31-44)61-53(65(10,11)12)39-48(40-54(61)66(13,14)15)67(47-37-45(63(4,5)6)36-46(38-47)64(7,8)9)57-34-28-41-27-33-52-58(35-29-42-26-32-51(57)59(41)60(42)52)68-55-22-18-16-20-49(55)50-21-17-19-23-56(50)68/h16-40H,1-15H3. The molecule has 0 fully saturated rings. The molecule has 0 radical (unpaired) electrons. The van der Waals surface area contributed by atoms with Gasteiger partial charge >= 0.3 is 0 Å². The number of hydrogen-bond acceptors (Lipinski definition) is 1. The van der Waals surface area contributed by atoms with Crippen LogP contribution in [0.5, 0.6) is 0 Å². The highest BCUT2D eigenvalue weighted by atomic mass is 15.1. The lowest BCUT2D eigenvalue weighted by Gasteiger charge is -2.36. The van der Waals surface area contributed by atoms with Crippen LogP contribution in [0, 0.1) is 0 Å². The summed E-state index contributed by atoms with van der Waals surface area (Å²) in [7, 11) is 0. The number of hydrogen-bond donors (Lipinski definition) is 0. The van der Waals surface area contributed by atoms with Gasteiger partial charge in [0.25, 0.3) is 0 Å². The molecule has 0 spiro atoms. The fourth-order valence-corrected chi connectivity index (χ4v) is 10.8. The molecule has 0 saturated carbocycles. The first-order chi connectivity index (χ1) is 31.9. The molecule has 0 aliphatic carbocycles. The first-order valence-electron chi connectivity index (χ1n) is 24.8. The highest BCUT2D eigenvalue weighted by molar-refractivity contribution is 6.27. The Balaban J connectivity index is 1.31.